The van der Waals surface area contributed by atoms with E-state index < -0.39 is 0 Å². The predicted octanol–water partition coefficient (Wildman–Crippen LogP) is 6.50. The van der Waals surface area contributed by atoms with Crippen LogP contribution in [0.25, 0.3) is 0 Å². The van der Waals surface area contributed by atoms with Crippen LogP contribution >= 0.6 is 0 Å². The van der Waals surface area contributed by atoms with Crippen LogP contribution in [-0.4, -0.2) is 0 Å². The zero-order valence-electron chi connectivity index (χ0n) is 13.4. The Morgan fingerprint density at radius 2 is 1.75 bits per heavy atom. The summed E-state index contributed by atoms with van der Waals surface area (Å²) in [6, 6.07) is 4.36. The van der Waals surface area contributed by atoms with E-state index in [4.69, 9.17) is 4.42 Å². The summed E-state index contributed by atoms with van der Waals surface area (Å²) < 4.78 is 5.76. The van der Waals surface area contributed by atoms with Gasteiger partial charge in [0.2, 0.25) is 0 Å². The van der Waals surface area contributed by atoms with Gasteiger partial charge >= 0.3 is 12.0 Å². The van der Waals surface area contributed by atoms with Crippen molar-refractivity contribution >= 4 is 0 Å². The van der Waals surface area contributed by atoms with Gasteiger partial charge in [0.25, 0.3) is 0 Å². The standard InChI is InChI=1S/C19H31O/c1-3-4-5-6-7-8-17-10-12-18(13-11-17)19-14-9-16(2)15-20-19/h9,14-15,17-18H,3-8,10-13H2,1-2H3/q+1. The number of hydrogen-bond donors (Lipinski definition) is 0. The SMILES string of the molecule is CCCCCCCC1CCC(c2ccc(C)c[o+]2)CC1. The Balaban J connectivity index is 1.66. The summed E-state index contributed by atoms with van der Waals surface area (Å²) in [6.45, 7) is 4.38. The van der Waals surface area contributed by atoms with Gasteiger partial charge in [0.1, 0.15) is 0 Å². The highest BCUT2D eigenvalue weighted by atomic mass is 16.3. The van der Waals surface area contributed by atoms with E-state index in [1.807, 2.05) is 6.26 Å². The fourth-order valence-electron chi connectivity index (χ4n) is 3.46. The monoisotopic (exact) mass is 275 g/mol. The van der Waals surface area contributed by atoms with Gasteiger partial charge in [0, 0.05) is 11.6 Å². The van der Waals surface area contributed by atoms with Crippen molar-refractivity contribution < 1.29 is 4.42 Å². The zero-order chi connectivity index (χ0) is 14.2. The van der Waals surface area contributed by atoms with Crippen LogP contribution in [0, 0.1) is 12.8 Å². The molecule has 0 atom stereocenters. The van der Waals surface area contributed by atoms with Crippen molar-refractivity contribution in [1.82, 2.24) is 0 Å². The zero-order valence-corrected chi connectivity index (χ0v) is 13.4. The van der Waals surface area contributed by atoms with E-state index in [2.05, 4.69) is 26.0 Å². The average molecular weight is 275 g/mol. The molecule has 0 aromatic carbocycles. The van der Waals surface area contributed by atoms with Gasteiger partial charge in [0.05, 0.1) is 5.92 Å². The molecule has 112 valence electrons. The second kappa shape index (κ2) is 8.44. The Morgan fingerprint density at radius 1 is 1.00 bits per heavy atom. The molecule has 1 fully saturated rings. The molecule has 1 aliphatic rings. The van der Waals surface area contributed by atoms with E-state index in [-0.39, 0.29) is 0 Å². The topological polar surface area (TPSA) is 11.3 Å². The van der Waals surface area contributed by atoms with Crippen molar-refractivity contribution in [2.45, 2.75) is 84.0 Å². The molecular formula is C19H31O+. The van der Waals surface area contributed by atoms with E-state index in [0.717, 1.165) is 5.92 Å². The summed E-state index contributed by atoms with van der Waals surface area (Å²) in [7, 11) is 0. The lowest BCUT2D eigenvalue weighted by Crippen LogP contribution is -2.13. The van der Waals surface area contributed by atoms with Gasteiger partial charge in [-0.1, -0.05) is 45.4 Å². The maximum absolute atomic E-state index is 5.76. The fraction of sp³-hybridized carbons (Fsp3) is 0.737. The van der Waals surface area contributed by atoms with Gasteiger partial charge in [-0.25, -0.2) is 4.42 Å². The third kappa shape index (κ3) is 4.92. The van der Waals surface area contributed by atoms with Crippen molar-refractivity contribution in [3.63, 3.8) is 0 Å². The summed E-state index contributed by atoms with van der Waals surface area (Å²) in [5, 5.41) is 0. The Bertz CT molecular complexity index is 360. The van der Waals surface area contributed by atoms with Gasteiger partial charge in [-0.15, -0.1) is 0 Å². The van der Waals surface area contributed by atoms with Crippen LogP contribution in [-0.2, 0) is 0 Å². The molecule has 0 amide bonds. The number of aryl methyl sites for hydroxylation is 1. The third-order valence-corrected chi connectivity index (χ3v) is 4.86. The molecule has 20 heavy (non-hydrogen) atoms. The highest BCUT2D eigenvalue weighted by molar-refractivity contribution is 5.12. The van der Waals surface area contributed by atoms with Gasteiger partial charge < -0.3 is 0 Å². The minimum Gasteiger partial charge on any atom is -0.220 e. The smallest absolute Gasteiger partial charge is 0.220 e. The van der Waals surface area contributed by atoms with E-state index >= 15 is 0 Å². The summed E-state index contributed by atoms with van der Waals surface area (Å²) in [5.41, 5.74) is 1.22. The van der Waals surface area contributed by atoms with Crippen LogP contribution in [0.5, 0.6) is 0 Å². The Hall–Kier alpha value is -0.850. The first-order valence-electron chi connectivity index (χ1n) is 8.68. The maximum atomic E-state index is 5.76. The molecule has 0 radical (unpaired) electrons. The summed E-state index contributed by atoms with van der Waals surface area (Å²) in [5.74, 6) is 2.86. The molecule has 1 aliphatic carbocycles. The number of hydrogen-bond acceptors (Lipinski definition) is 0. The van der Waals surface area contributed by atoms with Crippen LogP contribution in [0.4, 0.5) is 0 Å². The van der Waals surface area contributed by atoms with Crippen molar-refractivity contribution in [2.24, 2.45) is 5.92 Å². The second-order valence-electron chi connectivity index (χ2n) is 6.64. The fourth-order valence-corrected chi connectivity index (χ4v) is 3.46. The normalized spacial score (nSPS) is 22.9. The van der Waals surface area contributed by atoms with Gasteiger partial charge in [-0.05, 0) is 44.6 Å². The third-order valence-electron chi connectivity index (χ3n) is 4.86. The molecule has 0 spiro atoms. The van der Waals surface area contributed by atoms with Crippen LogP contribution in [0.3, 0.4) is 0 Å². The van der Waals surface area contributed by atoms with E-state index in [1.54, 1.807) is 0 Å². The molecule has 0 N–H and O–H groups in total. The minimum absolute atomic E-state index is 0.673. The molecule has 0 saturated heterocycles. The lowest BCUT2D eigenvalue weighted by atomic mass is 9.78. The van der Waals surface area contributed by atoms with Gasteiger partial charge in [-0.3, -0.25) is 0 Å². The lowest BCUT2D eigenvalue weighted by Gasteiger charge is -2.25. The molecule has 1 heterocycles. The van der Waals surface area contributed by atoms with Gasteiger partial charge in [0.15, 0.2) is 0 Å². The molecule has 0 aliphatic heterocycles. The van der Waals surface area contributed by atoms with E-state index in [0.29, 0.717) is 5.92 Å². The van der Waals surface area contributed by atoms with E-state index in [1.165, 1.54) is 75.5 Å². The highest BCUT2D eigenvalue weighted by Crippen LogP contribution is 2.37. The van der Waals surface area contributed by atoms with Crippen molar-refractivity contribution in [3.05, 3.63) is 29.7 Å². The number of rotatable bonds is 7. The van der Waals surface area contributed by atoms with Crippen LogP contribution in [0.15, 0.2) is 22.8 Å². The molecule has 1 aromatic heterocycles. The molecule has 1 aromatic rings. The first kappa shape index (κ1) is 15.5. The summed E-state index contributed by atoms with van der Waals surface area (Å²) in [4.78, 5) is 0. The highest BCUT2D eigenvalue weighted by Gasteiger charge is 2.28. The van der Waals surface area contributed by atoms with Crippen LogP contribution < -0.4 is 0 Å². The average Bonchev–Trinajstić information content (AvgIpc) is 2.49. The molecule has 1 saturated carbocycles. The molecule has 1 heteroatoms. The largest absolute Gasteiger partial charge is 0.332 e. The minimum atomic E-state index is 0.673. The van der Waals surface area contributed by atoms with Crippen molar-refractivity contribution in [1.29, 1.82) is 0 Å². The molecule has 0 unspecified atom stereocenters. The molecule has 0 bridgehead atoms. The number of unbranched alkanes of at least 4 members (excludes halogenated alkanes) is 4. The van der Waals surface area contributed by atoms with Crippen molar-refractivity contribution in [2.75, 3.05) is 0 Å². The van der Waals surface area contributed by atoms with Crippen molar-refractivity contribution in [3.8, 4) is 0 Å². The second-order valence-corrected chi connectivity index (χ2v) is 6.64. The Morgan fingerprint density at radius 3 is 2.40 bits per heavy atom. The summed E-state index contributed by atoms with van der Waals surface area (Å²) in [6.07, 6.45) is 15.9. The lowest BCUT2D eigenvalue weighted by molar-refractivity contribution is 0.278. The molecule has 1 nitrogen and oxygen atoms in total. The van der Waals surface area contributed by atoms with Crippen LogP contribution in [0.1, 0.15) is 88.4 Å². The summed E-state index contributed by atoms with van der Waals surface area (Å²) >= 11 is 0. The molecule has 2 rings (SSSR count). The van der Waals surface area contributed by atoms with E-state index in [9.17, 15) is 0 Å². The Kier molecular flexibility index (Phi) is 6.56. The predicted molar refractivity (Wildman–Crippen MR) is 85.9 cm³/mol. The Labute approximate surface area is 124 Å². The quantitative estimate of drug-likeness (QED) is 0.408. The first-order chi connectivity index (χ1) is 9.79. The first-order valence-corrected chi connectivity index (χ1v) is 8.68. The van der Waals surface area contributed by atoms with Crippen LogP contribution in [0.2, 0.25) is 0 Å². The maximum Gasteiger partial charge on any atom is 0.332 e. The molecular weight excluding hydrogens is 244 g/mol. The van der Waals surface area contributed by atoms with Gasteiger partial charge in [-0.2, -0.15) is 0 Å².